The van der Waals surface area contributed by atoms with Gasteiger partial charge in [0.1, 0.15) is 18.1 Å². The number of likely N-dealkylation sites (N-methyl/N-ethyl adjacent to an activating group) is 1. The second-order valence-electron chi connectivity index (χ2n) is 8.65. The zero-order chi connectivity index (χ0) is 25.5. The molecule has 190 valence electrons. The van der Waals surface area contributed by atoms with E-state index in [4.69, 9.17) is 26.4 Å². The maximum Gasteiger partial charge on any atom is 0.195 e. The summed E-state index contributed by atoms with van der Waals surface area (Å²) in [4.78, 5) is 2.13. The molecule has 0 fully saturated rings. The fourth-order valence-corrected chi connectivity index (χ4v) is 3.88. The average Bonchev–Trinajstić information content (AvgIpc) is 3.17. The van der Waals surface area contributed by atoms with Crippen molar-refractivity contribution in [1.29, 1.82) is 0 Å². The maximum atomic E-state index is 10.5. The van der Waals surface area contributed by atoms with E-state index in [9.17, 15) is 10.2 Å². The van der Waals surface area contributed by atoms with Crippen molar-refractivity contribution in [1.82, 2.24) is 19.7 Å². The first-order chi connectivity index (χ1) is 16.7. The number of hydrogen-bond donors (Lipinski definition) is 3. The number of hydrogen-bond acceptors (Lipinski definition) is 8. The van der Waals surface area contributed by atoms with Crippen LogP contribution in [0.3, 0.4) is 0 Å². The van der Waals surface area contributed by atoms with Crippen molar-refractivity contribution in [2.45, 2.75) is 26.3 Å². The van der Waals surface area contributed by atoms with Crippen LogP contribution in [0.5, 0.6) is 23.0 Å². The molecule has 3 rings (SSSR count). The van der Waals surface area contributed by atoms with Gasteiger partial charge in [0.05, 0.1) is 25.8 Å². The summed E-state index contributed by atoms with van der Waals surface area (Å²) in [6.45, 7) is 7.13. The largest absolute Gasteiger partial charge is 0.508 e. The van der Waals surface area contributed by atoms with Gasteiger partial charge in [-0.05, 0) is 54.5 Å². The zero-order valence-electron chi connectivity index (χ0n) is 20.9. The van der Waals surface area contributed by atoms with Crippen molar-refractivity contribution in [2.24, 2.45) is 0 Å². The summed E-state index contributed by atoms with van der Waals surface area (Å²) in [6.07, 6.45) is 0. The highest BCUT2D eigenvalue weighted by molar-refractivity contribution is 7.71. The third-order valence-corrected chi connectivity index (χ3v) is 6.05. The van der Waals surface area contributed by atoms with Crippen molar-refractivity contribution in [3.8, 4) is 34.4 Å². The van der Waals surface area contributed by atoms with Gasteiger partial charge in [0, 0.05) is 26.3 Å². The van der Waals surface area contributed by atoms with Crippen molar-refractivity contribution in [3.63, 3.8) is 0 Å². The Labute approximate surface area is 210 Å². The molecule has 0 saturated carbocycles. The first kappa shape index (κ1) is 26.5. The number of benzene rings is 2. The number of aromatic hydroxyl groups is 2. The number of nitrogens with one attached hydrogen (secondary N) is 1. The first-order valence-electron chi connectivity index (χ1n) is 11.4. The predicted molar refractivity (Wildman–Crippen MR) is 137 cm³/mol. The highest BCUT2D eigenvalue weighted by atomic mass is 32.1. The molecule has 0 aliphatic heterocycles. The van der Waals surface area contributed by atoms with Crippen LogP contribution in [0.4, 0.5) is 0 Å². The van der Waals surface area contributed by atoms with Crippen LogP contribution in [0.1, 0.15) is 30.9 Å². The van der Waals surface area contributed by atoms with E-state index in [0.717, 1.165) is 18.7 Å². The predicted octanol–water partition coefficient (Wildman–Crippen LogP) is 4.16. The van der Waals surface area contributed by atoms with Gasteiger partial charge in [0.25, 0.3) is 0 Å². The van der Waals surface area contributed by atoms with Crippen molar-refractivity contribution in [2.75, 3.05) is 47.6 Å². The Bertz CT molecular complexity index is 1190. The molecular weight excluding hydrogens is 468 g/mol. The molecule has 0 unspecified atom stereocenters. The monoisotopic (exact) mass is 502 g/mol. The lowest BCUT2D eigenvalue weighted by atomic mass is 9.98. The Hall–Kier alpha value is -3.08. The Morgan fingerprint density at radius 1 is 1.06 bits per heavy atom. The number of rotatable bonds is 12. The Morgan fingerprint density at radius 3 is 2.49 bits per heavy atom. The second-order valence-corrected chi connectivity index (χ2v) is 9.04. The van der Waals surface area contributed by atoms with Crippen LogP contribution in [0, 0.1) is 4.77 Å². The second kappa shape index (κ2) is 12.1. The lowest BCUT2D eigenvalue weighted by Gasteiger charge is -2.18. The van der Waals surface area contributed by atoms with E-state index >= 15 is 0 Å². The molecule has 0 aliphatic carbocycles. The van der Waals surface area contributed by atoms with E-state index in [1.807, 2.05) is 39.1 Å². The number of methoxy groups -OCH3 is 2. The summed E-state index contributed by atoms with van der Waals surface area (Å²) < 4.78 is 18.8. The SMILES string of the molecule is COCCN(C)CCOc1ccc(Cn2c(-c3cc(C(C)C)c(O)cc3O)n[nH]c2=S)cc1OC. The van der Waals surface area contributed by atoms with Crippen LogP contribution in [-0.2, 0) is 11.3 Å². The van der Waals surface area contributed by atoms with Crippen LogP contribution in [0.15, 0.2) is 30.3 Å². The van der Waals surface area contributed by atoms with Gasteiger partial charge in [-0.1, -0.05) is 19.9 Å². The lowest BCUT2D eigenvalue weighted by molar-refractivity contribution is 0.149. The summed E-state index contributed by atoms with van der Waals surface area (Å²) >= 11 is 5.47. The number of aromatic amines is 1. The molecular formula is C25H34N4O5S. The molecule has 3 N–H and O–H groups in total. The summed E-state index contributed by atoms with van der Waals surface area (Å²) in [5, 5.41) is 27.9. The first-order valence-corrected chi connectivity index (χ1v) is 11.8. The fourth-order valence-electron chi connectivity index (χ4n) is 3.69. The third-order valence-electron chi connectivity index (χ3n) is 5.74. The van der Waals surface area contributed by atoms with Crippen LogP contribution >= 0.6 is 12.2 Å². The molecule has 1 heterocycles. The minimum atomic E-state index is -0.0704. The van der Waals surface area contributed by atoms with Crippen LogP contribution in [0.2, 0.25) is 0 Å². The normalized spacial score (nSPS) is 11.4. The van der Waals surface area contributed by atoms with Gasteiger partial charge in [-0.2, -0.15) is 5.10 Å². The van der Waals surface area contributed by atoms with Gasteiger partial charge >= 0.3 is 0 Å². The average molecular weight is 503 g/mol. The van der Waals surface area contributed by atoms with E-state index in [0.29, 0.717) is 53.0 Å². The van der Waals surface area contributed by atoms with E-state index in [1.54, 1.807) is 24.9 Å². The molecule has 0 spiro atoms. The van der Waals surface area contributed by atoms with E-state index in [2.05, 4.69) is 15.1 Å². The molecule has 0 bridgehead atoms. The molecule has 0 saturated heterocycles. The summed E-state index contributed by atoms with van der Waals surface area (Å²) in [5.74, 6) is 1.80. The van der Waals surface area contributed by atoms with Gasteiger partial charge in [0.2, 0.25) is 0 Å². The highest BCUT2D eigenvalue weighted by Crippen LogP contribution is 2.37. The van der Waals surface area contributed by atoms with E-state index in [1.165, 1.54) is 6.07 Å². The van der Waals surface area contributed by atoms with Crippen molar-refractivity contribution >= 4 is 12.2 Å². The number of phenolic OH excluding ortho intramolecular Hbond substituents is 2. The Balaban J connectivity index is 1.82. The number of aromatic nitrogens is 3. The van der Waals surface area contributed by atoms with Crippen LogP contribution in [-0.4, -0.2) is 77.4 Å². The number of H-pyrrole nitrogens is 1. The number of ether oxygens (including phenoxy) is 3. The minimum Gasteiger partial charge on any atom is -0.508 e. The van der Waals surface area contributed by atoms with E-state index < -0.39 is 0 Å². The molecule has 3 aromatic rings. The fraction of sp³-hybridized carbons (Fsp3) is 0.440. The zero-order valence-corrected chi connectivity index (χ0v) is 21.7. The standard InChI is InChI=1S/C25H34N4O5S/c1-16(2)18-13-19(21(31)14-20(18)30)24-26-27-25(35)29(24)15-17-6-7-22(23(12-17)33-5)34-11-9-28(3)8-10-32-4/h6-7,12-14,16,30-31H,8-11,15H2,1-5H3,(H,27,35). The smallest absolute Gasteiger partial charge is 0.195 e. The molecule has 9 nitrogen and oxygen atoms in total. The summed E-state index contributed by atoms with van der Waals surface area (Å²) in [7, 11) is 5.31. The third kappa shape index (κ3) is 6.53. The molecule has 0 aliphatic rings. The molecule has 35 heavy (non-hydrogen) atoms. The summed E-state index contributed by atoms with van der Waals surface area (Å²) in [6, 6.07) is 8.81. The number of nitrogens with zero attached hydrogens (tertiary/aromatic N) is 3. The topological polar surface area (TPSA) is 105 Å². The Morgan fingerprint density at radius 2 is 1.80 bits per heavy atom. The van der Waals surface area contributed by atoms with Gasteiger partial charge in [-0.3, -0.25) is 9.67 Å². The van der Waals surface area contributed by atoms with Gasteiger partial charge < -0.3 is 29.3 Å². The van der Waals surface area contributed by atoms with Crippen molar-refractivity contribution < 1.29 is 24.4 Å². The molecule has 10 heteroatoms. The highest BCUT2D eigenvalue weighted by Gasteiger charge is 2.18. The molecule has 2 aromatic carbocycles. The van der Waals surface area contributed by atoms with Gasteiger partial charge in [-0.15, -0.1) is 0 Å². The molecule has 0 atom stereocenters. The lowest BCUT2D eigenvalue weighted by Crippen LogP contribution is -2.27. The van der Waals surface area contributed by atoms with Crippen molar-refractivity contribution in [3.05, 3.63) is 46.2 Å². The summed E-state index contributed by atoms with van der Waals surface area (Å²) in [5.41, 5.74) is 2.13. The molecule has 1 aromatic heterocycles. The molecule has 0 radical (unpaired) electrons. The van der Waals surface area contributed by atoms with Gasteiger partial charge in [-0.25, -0.2) is 0 Å². The molecule has 0 amide bonds. The van der Waals surface area contributed by atoms with E-state index in [-0.39, 0.29) is 17.4 Å². The Kier molecular flexibility index (Phi) is 9.13. The van der Waals surface area contributed by atoms with Crippen LogP contribution < -0.4 is 9.47 Å². The minimum absolute atomic E-state index is 0.0483. The quantitative estimate of drug-likeness (QED) is 0.317. The van der Waals surface area contributed by atoms with Crippen LogP contribution in [0.25, 0.3) is 11.4 Å². The maximum absolute atomic E-state index is 10.5. The number of phenols is 2. The van der Waals surface area contributed by atoms with Gasteiger partial charge in [0.15, 0.2) is 22.1 Å².